The molecule has 0 unspecified atom stereocenters. The first-order chi connectivity index (χ1) is 12.2. The summed E-state index contributed by atoms with van der Waals surface area (Å²) in [6.07, 6.45) is 9.98. The van der Waals surface area contributed by atoms with Crippen molar-refractivity contribution in [3.05, 3.63) is 41.2 Å². The summed E-state index contributed by atoms with van der Waals surface area (Å²) in [7, 11) is 1.93. The molecule has 0 amide bonds. The van der Waals surface area contributed by atoms with Gasteiger partial charge in [-0.3, -0.25) is 9.58 Å². The smallest absolute Gasteiger partial charge is 0.123 e. The minimum absolute atomic E-state index is 0.128. The Kier molecular flexibility index (Phi) is 4.67. The standard InChI is InChI=1S/C18H24N6S/c1-14(15-10-19-22(2)11-15)24-13-17(20-21-24)18-7-6-16(25-18)12-23-8-4-3-5-9-23/h6-7,10-11,13-14H,3-5,8-9,12H2,1-2H3/t14-/m1/s1. The average molecular weight is 356 g/mol. The Morgan fingerprint density at radius 2 is 2.00 bits per heavy atom. The molecule has 3 aromatic heterocycles. The summed E-state index contributed by atoms with van der Waals surface area (Å²) in [6.45, 7) is 5.63. The number of piperidine rings is 1. The molecule has 4 heterocycles. The molecule has 0 N–H and O–H groups in total. The van der Waals surface area contributed by atoms with Crippen LogP contribution in [0, 0.1) is 0 Å². The number of likely N-dealkylation sites (tertiary alicyclic amines) is 1. The van der Waals surface area contributed by atoms with Crippen molar-refractivity contribution in [2.45, 2.75) is 38.8 Å². The zero-order valence-electron chi connectivity index (χ0n) is 14.8. The molecule has 0 bridgehead atoms. The van der Waals surface area contributed by atoms with Crippen molar-refractivity contribution in [3.63, 3.8) is 0 Å². The summed E-state index contributed by atoms with van der Waals surface area (Å²) in [5, 5.41) is 13.0. The van der Waals surface area contributed by atoms with Crippen molar-refractivity contribution in [1.29, 1.82) is 0 Å². The molecule has 4 rings (SSSR count). The molecule has 25 heavy (non-hydrogen) atoms. The Balaban J connectivity index is 1.46. The number of thiophene rings is 1. The van der Waals surface area contributed by atoms with Crippen molar-refractivity contribution in [2.75, 3.05) is 13.1 Å². The van der Waals surface area contributed by atoms with E-state index in [9.17, 15) is 0 Å². The number of rotatable bonds is 5. The predicted octanol–water partition coefficient (Wildman–Crippen LogP) is 3.34. The normalized spacial score (nSPS) is 17.0. The quantitative estimate of drug-likeness (QED) is 0.704. The van der Waals surface area contributed by atoms with Gasteiger partial charge < -0.3 is 0 Å². The minimum Gasteiger partial charge on any atom is -0.298 e. The zero-order valence-corrected chi connectivity index (χ0v) is 15.6. The molecule has 1 fully saturated rings. The van der Waals surface area contributed by atoms with Gasteiger partial charge >= 0.3 is 0 Å². The monoisotopic (exact) mass is 356 g/mol. The average Bonchev–Trinajstić information content (AvgIpc) is 3.35. The maximum absolute atomic E-state index is 4.38. The van der Waals surface area contributed by atoms with Gasteiger partial charge in [-0.1, -0.05) is 11.6 Å². The molecule has 0 radical (unpaired) electrons. The van der Waals surface area contributed by atoms with Gasteiger partial charge in [0.05, 0.1) is 23.3 Å². The third-order valence-electron chi connectivity index (χ3n) is 4.86. The Labute approximate surface area is 152 Å². The molecular formula is C18H24N6S. The van der Waals surface area contributed by atoms with E-state index in [2.05, 4.69) is 39.4 Å². The van der Waals surface area contributed by atoms with Crippen LogP contribution in [0.2, 0.25) is 0 Å². The van der Waals surface area contributed by atoms with Crippen LogP contribution in [0.25, 0.3) is 10.6 Å². The second kappa shape index (κ2) is 7.09. The fraction of sp³-hybridized carbons (Fsp3) is 0.500. The molecule has 1 atom stereocenters. The Bertz CT molecular complexity index is 826. The molecule has 0 saturated carbocycles. The fourth-order valence-electron chi connectivity index (χ4n) is 3.33. The first kappa shape index (κ1) is 16.5. The van der Waals surface area contributed by atoms with Gasteiger partial charge in [-0.05, 0) is 45.0 Å². The van der Waals surface area contributed by atoms with Gasteiger partial charge in [0.25, 0.3) is 0 Å². The highest BCUT2D eigenvalue weighted by atomic mass is 32.1. The summed E-state index contributed by atoms with van der Waals surface area (Å²) in [5.41, 5.74) is 2.08. The predicted molar refractivity (Wildman–Crippen MR) is 99.5 cm³/mol. The van der Waals surface area contributed by atoms with Crippen LogP contribution in [0.1, 0.15) is 42.7 Å². The topological polar surface area (TPSA) is 51.8 Å². The zero-order chi connectivity index (χ0) is 17.2. The fourth-order valence-corrected chi connectivity index (χ4v) is 4.33. The molecule has 132 valence electrons. The van der Waals surface area contributed by atoms with Gasteiger partial charge in [0, 0.05) is 30.2 Å². The second-order valence-corrected chi connectivity index (χ2v) is 7.98. The molecular weight excluding hydrogens is 332 g/mol. The highest BCUT2D eigenvalue weighted by molar-refractivity contribution is 7.15. The van der Waals surface area contributed by atoms with Gasteiger partial charge in [0.1, 0.15) is 5.69 Å². The molecule has 1 aliphatic rings. The van der Waals surface area contributed by atoms with Crippen LogP contribution in [-0.4, -0.2) is 42.8 Å². The summed E-state index contributed by atoms with van der Waals surface area (Å²) in [6, 6.07) is 4.54. The highest BCUT2D eigenvalue weighted by Crippen LogP contribution is 2.29. The number of hydrogen-bond acceptors (Lipinski definition) is 5. The van der Waals surface area contributed by atoms with Gasteiger partial charge in [0.2, 0.25) is 0 Å². The van der Waals surface area contributed by atoms with E-state index in [0.29, 0.717) is 0 Å². The van der Waals surface area contributed by atoms with Crippen LogP contribution in [0.15, 0.2) is 30.7 Å². The van der Waals surface area contributed by atoms with Crippen LogP contribution in [0.5, 0.6) is 0 Å². The van der Waals surface area contributed by atoms with Gasteiger partial charge in [-0.2, -0.15) is 5.10 Å². The van der Waals surface area contributed by atoms with Crippen molar-refractivity contribution < 1.29 is 0 Å². The van der Waals surface area contributed by atoms with E-state index in [0.717, 1.165) is 17.8 Å². The lowest BCUT2D eigenvalue weighted by Crippen LogP contribution is -2.28. The van der Waals surface area contributed by atoms with Crippen LogP contribution < -0.4 is 0 Å². The van der Waals surface area contributed by atoms with Crippen molar-refractivity contribution in [1.82, 2.24) is 29.7 Å². The van der Waals surface area contributed by atoms with Crippen molar-refractivity contribution in [3.8, 4) is 10.6 Å². The molecule has 3 aromatic rings. The first-order valence-electron chi connectivity index (χ1n) is 8.91. The molecule has 6 nitrogen and oxygen atoms in total. The van der Waals surface area contributed by atoms with E-state index in [4.69, 9.17) is 0 Å². The van der Waals surface area contributed by atoms with Gasteiger partial charge in [0.15, 0.2) is 0 Å². The molecule has 7 heteroatoms. The van der Waals surface area contributed by atoms with Crippen LogP contribution >= 0.6 is 11.3 Å². The summed E-state index contributed by atoms with van der Waals surface area (Å²) in [4.78, 5) is 5.16. The maximum Gasteiger partial charge on any atom is 0.123 e. The summed E-state index contributed by atoms with van der Waals surface area (Å²) in [5.74, 6) is 0. The third kappa shape index (κ3) is 3.67. The SMILES string of the molecule is C[C@H](c1cnn(C)c1)n1cc(-c2ccc(CN3CCCCC3)s2)nn1. The lowest BCUT2D eigenvalue weighted by Gasteiger charge is -2.25. The minimum atomic E-state index is 0.128. The highest BCUT2D eigenvalue weighted by Gasteiger charge is 2.15. The summed E-state index contributed by atoms with van der Waals surface area (Å²) < 4.78 is 3.73. The van der Waals surface area contributed by atoms with E-state index >= 15 is 0 Å². The van der Waals surface area contributed by atoms with Gasteiger partial charge in [-0.15, -0.1) is 16.4 Å². The van der Waals surface area contributed by atoms with Crippen molar-refractivity contribution >= 4 is 11.3 Å². The molecule has 0 aliphatic carbocycles. The second-order valence-electron chi connectivity index (χ2n) is 6.81. The number of aryl methyl sites for hydroxylation is 1. The molecule has 1 aliphatic heterocycles. The van der Waals surface area contributed by atoms with E-state index in [-0.39, 0.29) is 6.04 Å². The number of nitrogens with zero attached hydrogens (tertiary/aromatic N) is 6. The third-order valence-corrected chi connectivity index (χ3v) is 5.95. The van der Waals surface area contributed by atoms with Crippen LogP contribution in [-0.2, 0) is 13.6 Å². The molecule has 1 saturated heterocycles. The lowest BCUT2D eigenvalue weighted by atomic mass is 10.1. The maximum atomic E-state index is 4.38. The van der Waals surface area contributed by atoms with Gasteiger partial charge in [-0.25, -0.2) is 4.68 Å². The van der Waals surface area contributed by atoms with Crippen molar-refractivity contribution in [2.24, 2.45) is 7.05 Å². The van der Waals surface area contributed by atoms with Crippen LogP contribution in [0.3, 0.4) is 0 Å². The Morgan fingerprint density at radius 3 is 2.76 bits per heavy atom. The largest absolute Gasteiger partial charge is 0.298 e. The van der Waals surface area contributed by atoms with E-state index < -0.39 is 0 Å². The molecule has 0 spiro atoms. The number of hydrogen-bond donors (Lipinski definition) is 0. The number of aromatic nitrogens is 5. The van der Waals surface area contributed by atoms with E-state index in [1.807, 2.05) is 46.3 Å². The van der Waals surface area contributed by atoms with Crippen LogP contribution in [0.4, 0.5) is 0 Å². The first-order valence-corrected chi connectivity index (χ1v) is 9.72. The molecule has 0 aromatic carbocycles. The Hall–Kier alpha value is -1.99. The summed E-state index contributed by atoms with van der Waals surface area (Å²) >= 11 is 1.83. The lowest BCUT2D eigenvalue weighted by molar-refractivity contribution is 0.222. The Morgan fingerprint density at radius 1 is 1.16 bits per heavy atom. The van der Waals surface area contributed by atoms with E-state index in [1.54, 1.807) is 0 Å². The van der Waals surface area contributed by atoms with E-state index in [1.165, 1.54) is 42.1 Å².